The summed E-state index contributed by atoms with van der Waals surface area (Å²) in [6.45, 7) is -2.78. The Morgan fingerprint density at radius 1 is 1.36 bits per heavy atom. The number of anilines is 2. The molecule has 4 N–H and O–H groups in total. The molecular formula is C20H21FN10O2. The van der Waals surface area contributed by atoms with Gasteiger partial charge < -0.3 is 20.7 Å². The minimum absolute atomic E-state index is 0.0256. The number of halogens is 1. The van der Waals surface area contributed by atoms with Gasteiger partial charge in [-0.25, -0.2) is 14.4 Å². The normalized spacial score (nSPS) is 19.5. The van der Waals surface area contributed by atoms with Crippen LogP contribution in [0.3, 0.4) is 0 Å². The van der Waals surface area contributed by atoms with Gasteiger partial charge in [0.15, 0.2) is 28.9 Å². The van der Waals surface area contributed by atoms with Crippen molar-refractivity contribution in [1.82, 2.24) is 35.7 Å². The molecule has 1 unspecified atom stereocenters. The molecule has 12 nitrogen and oxygen atoms in total. The van der Waals surface area contributed by atoms with Crippen molar-refractivity contribution < 1.29 is 19.4 Å². The number of hydrogen-bond donors (Lipinski definition) is 4. The number of benzene rings is 1. The van der Waals surface area contributed by atoms with E-state index in [2.05, 4.69) is 41.4 Å². The summed E-state index contributed by atoms with van der Waals surface area (Å²) in [5.74, 6) is -0.986. The average molecular weight is 456 g/mol. The lowest BCUT2D eigenvalue weighted by Crippen LogP contribution is -2.42. The van der Waals surface area contributed by atoms with Gasteiger partial charge in [0.05, 0.1) is 44.0 Å². The van der Waals surface area contributed by atoms with Crippen LogP contribution in [0, 0.1) is 5.82 Å². The number of amides is 1. The Balaban J connectivity index is 1.73. The minimum Gasteiger partial charge on any atom is -0.494 e. The summed E-state index contributed by atoms with van der Waals surface area (Å²) >= 11 is 0. The number of nitrogens with zero attached hydrogens (tertiary/aromatic N) is 6. The molecule has 33 heavy (non-hydrogen) atoms. The number of ether oxygens (including phenoxy) is 1. The van der Waals surface area contributed by atoms with Gasteiger partial charge in [0.1, 0.15) is 6.14 Å². The number of aryl methyl sites for hydroxylation is 1. The fourth-order valence-corrected chi connectivity index (χ4v) is 2.98. The number of rotatable bonds is 7. The summed E-state index contributed by atoms with van der Waals surface area (Å²) in [5, 5.41) is 19.2. The van der Waals surface area contributed by atoms with E-state index in [4.69, 9.17) is 10.2 Å². The summed E-state index contributed by atoms with van der Waals surface area (Å²) in [6.07, 6.45) is 2.99. The maximum atomic E-state index is 13.3. The molecule has 1 atom stereocenters. The van der Waals surface area contributed by atoms with Crippen LogP contribution < -0.4 is 26.1 Å². The monoisotopic (exact) mass is 456 g/mol. The van der Waals surface area contributed by atoms with E-state index in [1.54, 1.807) is 25.2 Å². The molecule has 1 aliphatic rings. The number of hydrazone groups is 1. The van der Waals surface area contributed by atoms with Crippen LogP contribution in [0.25, 0.3) is 11.4 Å². The maximum absolute atomic E-state index is 13.3. The lowest BCUT2D eigenvalue weighted by molar-refractivity contribution is -0.114. The van der Waals surface area contributed by atoms with E-state index in [9.17, 15) is 9.18 Å². The summed E-state index contributed by atoms with van der Waals surface area (Å²) in [7, 11) is 3.04. The molecule has 3 heterocycles. The van der Waals surface area contributed by atoms with Crippen molar-refractivity contribution in [2.75, 3.05) is 24.7 Å². The molecule has 170 valence electrons. The highest BCUT2D eigenvalue weighted by molar-refractivity contribution is 6.46. The standard InChI is InChI=1S/C20H21FN10O2/c1-22-20(32)17-14(7-15(27-29-17)26-16-10-31(2)30-28-16)25-13-6-4-5-12(18(13)33-3)19-23-8-11(21)9-24-19/h4-10,15,25-27H,1-3H3,(H,22,32)/i1D3,15D. The van der Waals surface area contributed by atoms with E-state index in [-0.39, 0.29) is 28.8 Å². The summed E-state index contributed by atoms with van der Waals surface area (Å²) in [5.41, 5.74) is 2.82. The second-order valence-electron chi connectivity index (χ2n) is 6.64. The lowest BCUT2D eigenvalue weighted by Gasteiger charge is -2.24. The lowest BCUT2D eigenvalue weighted by atomic mass is 10.1. The van der Waals surface area contributed by atoms with Crippen molar-refractivity contribution in [2.45, 2.75) is 6.14 Å². The van der Waals surface area contributed by atoms with Gasteiger partial charge in [-0.1, -0.05) is 11.3 Å². The van der Waals surface area contributed by atoms with Gasteiger partial charge in [-0.05, 0) is 18.2 Å². The van der Waals surface area contributed by atoms with Crippen molar-refractivity contribution in [3.05, 3.63) is 54.4 Å². The molecular weight excluding hydrogens is 431 g/mol. The van der Waals surface area contributed by atoms with E-state index in [0.717, 1.165) is 12.4 Å². The Labute approximate surface area is 193 Å². The Kier molecular flexibility index (Phi) is 4.81. The first kappa shape index (κ1) is 17.1. The fourth-order valence-electron chi connectivity index (χ4n) is 2.98. The summed E-state index contributed by atoms with van der Waals surface area (Å²) in [6, 6.07) is 4.89. The zero-order chi connectivity index (χ0) is 26.8. The number of carbonyl (C=O) groups is 1. The topological polar surface area (TPSA) is 143 Å². The predicted molar refractivity (Wildman–Crippen MR) is 119 cm³/mol. The second kappa shape index (κ2) is 9.30. The molecule has 13 heteroatoms. The van der Waals surface area contributed by atoms with Crippen LogP contribution in [0.4, 0.5) is 15.9 Å². The Morgan fingerprint density at radius 2 is 2.18 bits per heavy atom. The van der Waals surface area contributed by atoms with Gasteiger partial charge in [0.2, 0.25) is 0 Å². The molecule has 0 spiro atoms. The molecule has 3 aromatic rings. The number of methoxy groups -OCH3 is 1. The second-order valence-corrected chi connectivity index (χ2v) is 6.64. The van der Waals surface area contributed by atoms with E-state index in [1.165, 1.54) is 24.1 Å². The van der Waals surface area contributed by atoms with Crippen molar-refractivity contribution in [2.24, 2.45) is 12.1 Å². The number of hydrogen-bond acceptors (Lipinski definition) is 10. The van der Waals surface area contributed by atoms with Crippen LogP contribution >= 0.6 is 0 Å². The zero-order valence-corrected chi connectivity index (χ0v) is 17.4. The number of aromatic nitrogens is 5. The number of nitrogens with one attached hydrogen (secondary N) is 4. The SMILES string of the molecule is [2H]C([2H])([2H])NC(=O)C1=NNC([2H])(Nc2cn(C)nn2)C=C1Nc1cccc(-c2ncc(F)cn2)c1OC. The first-order valence-corrected chi connectivity index (χ1v) is 9.43. The van der Waals surface area contributed by atoms with Crippen molar-refractivity contribution in [1.29, 1.82) is 0 Å². The van der Waals surface area contributed by atoms with E-state index < -0.39 is 24.8 Å². The number of carbonyl (C=O) groups excluding carboxylic acids is 1. The molecule has 0 saturated carbocycles. The van der Waals surface area contributed by atoms with Gasteiger partial charge in [-0.15, -0.1) is 5.10 Å². The fraction of sp³-hybridized carbons (Fsp3) is 0.200. The van der Waals surface area contributed by atoms with Gasteiger partial charge in [0, 0.05) is 18.1 Å². The van der Waals surface area contributed by atoms with Crippen molar-refractivity contribution in [3.8, 4) is 17.1 Å². The average Bonchev–Trinajstić information content (AvgIpc) is 3.22. The van der Waals surface area contributed by atoms with E-state index >= 15 is 0 Å². The third kappa shape index (κ3) is 4.71. The summed E-state index contributed by atoms with van der Waals surface area (Å²) < 4.78 is 51.1. The summed E-state index contributed by atoms with van der Waals surface area (Å²) in [4.78, 5) is 20.7. The van der Waals surface area contributed by atoms with Gasteiger partial charge in [-0.2, -0.15) is 5.10 Å². The molecule has 1 aliphatic heterocycles. The molecule has 4 rings (SSSR count). The maximum Gasteiger partial charge on any atom is 0.273 e. The molecule has 0 radical (unpaired) electrons. The largest absolute Gasteiger partial charge is 0.494 e. The van der Waals surface area contributed by atoms with Crippen LogP contribution in [0.2, 0.25) is 0 Å². The van der Waals surface area contributed by atoms with Crippen molar-refractivity contribution >= 4 is 23.1 Å². The van der Waals surface area contributed by atoms with Crippen LogP contribution in [-0.4, -0.2) is 56.8 Å². The molecule has 0 aliphatic carbocycles. The highest BCUT2D eigenvalue weighted by atomic mass is 19.1. The quantitative estimate of drug-likeness (QED) is 0.407. The highest BCUT2D eigenvalue weighted by Crippen LogP contribution is 2.35. The molecule has 0 fully saturated rings. The third-order valence-electron chi connectivity index (χ3n) is 4.38. The molecule has 1 aromatic carbocycles. The molecule has 2 aromatic heterocycles. The van der Waals surface area contributed by atoms with E-state index in [0.29, 0.717) is 11.3 Å². The molecule has 0 bridgehead atoms. The predicted octanol–water partition coefficient (Wildman–Crippen LogP) is 0.859. The van der Waals surface area contributed by atoms with Gasteiger partial charge >= 0.3 is 0 Å². The van der Waals surface area contributed by atoms with Crippen LogP contribution in [-0.2, 0) is 11.8 Å². The Hall–Kier alpha value is -4.55. The highest BCUT2D eigenvalue weighted by Gasteiger charge is 2.24. The number of para-hydroxylation sites is 1. The smallest absolute Gasteiger partial charge is 0.273 e. The first-order valence-electron chi connectivity index (χ1n) is 11.4. The van der Waals surface area contributed by atoms with Crippen LogP contribution in [0.1, 0.15) is 5.48 Å². The van der Waals surface area contributed by atoms with E-state index in [1.807, 2.05) is 5.32 Å². The first-order chi connectivity index (χ1) is 17.5. The zero-order valence-electron chi connectivity index (χ0n) is 21.4. The minimum atomic E-state index is -2.78. The molecule has 1 amide bonds. The third-order valence-corrected chi connectivity index (χ3v) is 4.38. The van der Waals surface area contributed by atoms with Crippen LogP contribution in [0.15, 0.2) is 53.7 Å². The Morgan fingerprint density at radius 3 is 2.88 bits per heavy atom. The van der Waals surface area contributed by atoms with Gasteiger partial charge in [-0.3, -0.25) is 14.9 Å². The van der Waals surface area contributed by atoms with Gasteiger partial charge in [0.25, 0.3) is 5.91 Å². The molecule has 0 saturated heterocycles. The van der Waals surface area contributed by atoms with Crippen molar-refractivity contribution in [3.63, 3.8) is 0 Å². The Bertz CT molecular complexity index is 1380. The van der Waals surface area contributed by atoms with Crippen LogP contribution in [0.5, 0.6) is 5.75 Å².